The van der Waals surface area contributed by atoms with E-state index in [9.17, 15) is 13.2 Å². The van der Waals surface area contributed by atoms with Crippen LogP contribution in [0.25, 0.3) is 0 Å². The molecule has 1 saturated heterocycles. The van der Waals surface area contributed by atoms with Gasteiger partial charge in [-0.25, -0.2) is 8.42 Å². The molecule has 1 amide bonds. The lowest BCUT2D eigenvalue weighted by molar-refractivity contribution is -0.159. The second kappa shape index (κ2) is 5.58. The number of benzene rings is 2. The Morgan fingerprint density at radius 3 is 2.46 bits per heavy atom. The van der Waals surface area contributed by atoms with Gasteiger partial charge in [0.05, 0.1) is 4.90 Å². The molecule has 0 aromatic heterocycles. The first-order valence-electron chi connectivity index (χ1n) is 8.60. The van der Waals surface area contributed by atoms with Crippen LogP contribution < -0.4 is 4.74 Å². The first-order chi connectivity index (χ1) is 12.2. The molecule has 0 unspecified atom stereocenters. The molecule has 5 nitrogen and oxygen atoms in total. The Morgan fingerprint density at radius 1 is 1.12 bits per heavy atom. The molecule has 2 bridgehead atoms. The summed E-state index contributed by atoms with van der Waals surface area (Å²) in [5, 5.41) is -1.15. The minimum atomic E-state index is -3.83. The summed E-state index contributed by atoms with van der Waals surface area (Å²) in [5.41, 5.74) is 0.919. The van der Waals surface area contributed by atoms with E-state index in [1.165, 1.54) is 4.90 Å². The smallest absolute Gasteiger partial charge is 0.244 e. The fraction of sp³-hybridized carbons (Fsp3) is 0.350. The van der Waals surface area contributed by atoms with E-state index in [1.54, 1.807) is 31.3 Å². The fourth-order valence-electron chi connectivity index (χ4n) is 3.97. The Morgan fingerprint density at radius 2 is 1.77 bits per heavy atom. The predicted molar refractivity (Wildman–Crippen MR) is 97.8 cm³/mol. The molecule has 136 valence electrons. The van der Waals surface area contributed by atoms with Crippen LogP contribution in [0.15, 0.2) is 53.4 Å². The minimum Gasteiger partial charge on any atom is -0.468 e. The molecule has 0 radical (unpaired) electrons. The summed E-state index contributed by atoms with van der Waals surface area (Å²) in [6.07, 6.45) is 0.446. The zero-order chi connectivity index (χ0) is 18.7. The summed E-state index contributed by atoms with van der Waals surface area (Å²) in [5.74, 6) is -0.200. The van der Waals surface area contributed by atoms with Crippen molar-refractivity contribution < 1.29 is 17.9 Å². The molecular formula is C20H21NO4S. The molecule has 0 N–H and O–H groups in total. The standard InChI is InChI=1S/C20H21NO4S/c1-13-8-10-14(11-9-13)26(23,24)18-16-12-20(2,21(3)19(18)22)25-17-7-5-4-6-15(16)17/h4-11,16,18H,12H2,1-3H3/t16-,18+,20-/m0/s1. The van der Waals surface area contributed by atoms with Gasteiger partial charge in [-0.05, 0) is 37.6 Å². The van der Waals surface area contributed by atoms with Gasteiger partial charge >= 0.3 is 0 Å². The third-order valence-electron chi connectivity index (χ3n) is 5.58. The van der Waals surface area contributed by atoms with Crippen molar-refractivity contribution in [2.75, 3.05) is 7.05 Å². The molecule has 0 spiro atoms. The van der Waals surface area contributed by atoms with Gasteiger partial charge in [0.2, 0.25) is 5.91 Å². The molecule has 4 rings (SSSR count). The summed E-state index contributed by atoms with van der Waals surface area (Å²) < 4.78 is 32.8. The van der Waals surface area contributed by atoms with Crippen LogP contribution in [-0.4, -0.2) is 37.2 Å². The summed E-state index contributed by atoms with van der Waals surface area (Å²) in [4.78, 5) is 14.7. The molecule has 2 aromatic rings. The number of aryl methyl sites for hydroxylation is 1. The number of ether oxygens (including phenoxy) is 1. The van der Waals surface area contributed by atoms with Crippen LogP contribution in [0.3, 0.4) is 0 Å². The van der Waals surface area contributed by atoms with E-state index in [0.29, 0.717) is 12.2 Å². The van der Waals surface area contributed by atoms with Crippen molar-refractivity contribution in [1.82, 2.24) is 4.90 Å². The van der Waals surface area contributed by atoms with Gasteiger partial charge in [0, 0.05) is 19.4 Å². The minimum absolute atomic E-state index is 0.183. The van der Waals surface area contributed by atoms with Crippen molar-refractivity contribution in [3.63, 3.8) is 0 Å². The van der Waals surface area contributed by atoms with Gasteiger partial charge in [-0.3, -0.25) is 4.79 Å². The second-order valence-corrected chi connectivity index (χ2v) is 9.37. The van der Waals surface area contributed by atoms with Gasteiger partial charge in [-0.15, -0.1) is 0 Å². The fourth-order valence-corrected chi connectivity index (χ4v) is 5.88. The summed E-state index contributed by atoms with van der Waals surface area (Å²) in [7, 11) is -2.21. The molecular weight excluding hydrogens is 350 g/mol. The Labute approximate surface area is 153 Å². The zero-order valence-electron chi connectivity index (χ0n) is 15.0. The van der Waals surface area contributed by atoms with Crippen molar-refractivity contribution >= 4 is 15.7 Å². The summed E-state index contributed by atoms with van der Waals surface area (Å²) in [6, 6.07) is 14.1. The van der Waals surface area contributed by atoms with E-state index < -0.39 is 32.6 Å². The van der Waals surface area contributed by atoms with Crippen LogP contribution in [0.1, 0.15) is 30.4 Å². The number of hydrogen-bond acceptors (Lipinski definition) is 4. The Balaban J connectivity index is 1.89. The van der Waals surface area contributed by atoms with Crippen molar-refractivity contribution in [2.24, 2.45) is 0 Å². The van der Waals surface area contributed by atoms with Crippen LogP contribution in [0.5, 0.6) is 5.75 Å². The molecule has 26 heavy (non-hydrogen) atoms. The van der Waals surface area contributed by atoms with Gasteiger partial charge in [-0.2, -0.15) is 0 Å². The van der Waals surface area contributed by atoms with Crippen LogP contribution in [0, 0.1) is 6.92 Å². The lowest BCUT2D eigenvalue weighted by atomic mass is 9.80. The topological polar surface area (TPSA) is 63.7 Å². The molecule has 2 aromatic carbocycles. The number of likely N-dealkylation sites (tertiary alicyclic amines) is 1. The van der Waals surface area contributed by atoms with E-state index in [4.69, 9.17) is 4.74 Å². The van der Waals surface area contributed by atoms with E-state index in [-0.39, 0.29) is 4.90 Å². The number of nitrogens with zero attached hydrogens (tertiary/aromatic N) is 1. The highest BCUT2D eigenvalue weighted by molar-refractivity contribution is 7.92. The van der Waals surface area contributed by atoms with Crippen LogP contribution >= 0.6 is 0 Å². The second-order valence-electron chi connectivity index (χ2n) is 7.30. The van der Waals surface area contributed by atoms with Crippen molar-refractivity contribution in [2.45, 2.75) is 42.1 Å². The van der Waals surface area contributed by atoms with Gasteiger partial charge in [0.25, 0.3) is 0 Å². The number of fused-ring (bicyclic) bond motifs is 4. The van der Waals surface area contributed by atoms with E-state index in [0.717, 1.165) is 11.1 Å². The van der Waals surface area contributed by atoms with E-state index in [2.05, 4.69) is 0 Å². The number of piperidine rings is 1. The first-order valence-corrected chi connectivity index (χ1v) is 10.1. The normalized spacial score (nSPS) is 27.7. The molecule has 0 aliphatic carbocycles. The van der Waals surface area contributed by atoms with Crippen LogP contribution in [0.2, 0.25) is 0 Å². The maximum absolute atomic E-state index is 13.4. The summed E-state index contributed by atoms with van der Waals surface area (Å²) in [6.45, 7) is 3.73. The number of hydrogen-bond donors (Lipinski definition) is 0. The van der Waals surface area contributed by atoms with Crippen molar-refractivity contribution in [3.8, 4) is 5.75 Å². The molecule has 1 fully saturated rings. The van der Waals surface area contributed by atoms with Gasteiger partial charge in [0.15, 0.2) is 20.8 Å². The monoisotopic (exact) mass is 371 g/mol. The maximum Gasteiger partial charge on any atom is 0.244 e. The predicted octanol–water partition coefficient (Wildman–Crippen LogP) is 2.89. The first kappa shape index (κ1) is 17.1. The number of carbonyl (C=O) groups excluding carboxylic acids is 1. The Bertz CT molecular complexity index is 983. The Kier molecular flexibility index (Phi) is 3.67. The molecule has 6 heteroatoms. The average Bonchev–Trinajstić information content (AvgIpc) is 2.60. The quantitative estimate of drug-likeness (QED) is 0.814. The van der Waals surface area contributed by atoms with Crippen LogP contribution in [-0.2, 0) is 14.6 Å². The summed E-state index contributed by atoms with van der Waals surface area (Å²) >= 11 is 0. The number of amides is 1. The lowest BCUT2D eigenvalue weighted by Gasteiger charge is -2.51. The molecule has 2 heterocycles. The number of sulfone groups is 1. The highest BCUT2D eigenvalue weighted by Crippen LogP contribution is 2.49. The molecule has 0 saturated carbocycles. The van der Waals surface area contributed by atoms with Gasteiger partial charge in [0.1, 0.15) is 5.75 Å². The van der Waals surface area contributed by atoms with Gasteiger partial charge < -0.3 is 9.64 Å². The van der Waals surface area contributed by atoms with E-state index >= 15 is 0 Å². The number of rotatable bonds is 2. The van der Waals surface area contributed by atoms with Crippen LogP contribution in [0.4, 0.5) is 0 Å². The maximum atomic E-state index is 13.4. The number of para-hydroxylation sites is 1. The third kappa shape index (κ3) is 2.35. The lowest BCUT2D eigenvalue weighted by Crippen LogP contribution is -2.64. The number of carbonyl (C=O) groups is 1. The van der Waals surface area contributed by atoms with Crippen molar-refractivity contribution in [1.29, 1.82) is 0 Å². The zero-order valence-corrected chi connectivity index (χ0v) is 15.8. The molecule has 2 aliphatic rings. The third-order valence-corrected chi connectivity index (χ3v) is 7.71. The SMILES string of the molecule is Cc1ccc(S(=O)(=O)[C@H]2C(=O)N(C)[C@]3(C)C[C@H]2c2ccccc2O3)cc1. The average molecular weight is 371 g/mol. The van der Waals surface area contributed by atoms with E-state index in [1.807, 2.05) is 38.1 Å². The largest absolute Gasteiger partial charge is 0.468 e. The van der Waals surface area contributed by atoms with Crippen molar-refractivity contribution in [3.05, 3.63) is 59.7 Å². The Hall–Kier alpha value is -2.34. The van der Waals surface area contributed by atoms with Gasteiger partial charge in [-0.1, -0.05) is 35.9 Å². The highest BCUT2D eigenvalue weighted by Gasteiger charge is 2.56. The molecule has 3 atom stereocenters. The highest BCUT2D eigenvalue weighted by atomic mass is 32.2. The molecule has 2 aliphatic heterocycles.